The molecular weight excluding hydrogens is 292 g/mol. The number of carbonyl (C=O) groups is 1. The van der Waals surface area contributed by atoms with Gasteiger partial charge in [-0.3, -0.25) is 14.8 Å². The van der Waals surface area contributed by atoms with E-state index in [-0.39, 0.29) is 17.7 Å². The molecule has 0 bridgehead atoms. The third-order valence-electron chi connectivity index (χ3n) is 2.67. The van der Waals surface area contributed by atoms with Crippen LogP contribution in [0, 0.1) is 10.1 Å². The molecule has 22 heavy (non-hydrogen) atoms. The third-order valence-corrected chi connectivity index (χ3v) is 2.67. The highest BCUT2D eigenvalue weighted by Gasteiger charge is 2.19. The lowest BCUT2D eigenvalue weighted by Crippen LogP contribution is -2.00. The number of hydrogen-bond donors (Lipinski definition) is 0. The van der Waals surface area contributed by atoms with Crippen LogP contribution in [0.5, 0.6) is 0 Å². The molecule has 0 saturated heterocycles. The Labute approximate surface area is 125 Å². The standard InChI is InChI=1S/C13H14N4O5/c1-8(2)16-7-10(6-14-22-9(3)18)13(15-16)11-4-5-12(21-11)17(19)20/h4-8H,1-3H3/b14-6+. The van der Waals surface area contributed by atoms with Gasteiger partial charge in [-0.25, -0.2) is 4.79 Å². The first-order valence-corrected chi connectivity index (χ1v) is 6.43. The molecule has 9 heteroatoms. The predicted molar refractivity (Wildman–Crippen MR) is 76.3 cm³/mol. The Morgan fingerprint density at radius 2 is 2.27 bits per heavy atom. The average molecular weight is 306 g/mol. The normalized spacial score (nSPS) is 11.3. The molecule has 0 unspecified atom stereocenters. The van der Waals surface area contributed by atoms with E-state index in [1.54, 1.807) is 10.9 Å². The van der Waals surface area contributed by atoms with Crippen molar-refractivity contribution in [3.05, 3.63) is 34.0 Å². The molecule has 0 fully saturated rings. The Kier molecular flexibility index (Phi) is 4.35. The second kappa shape index (κ2) is 6.20. The zero-order valence-electron chi connectivity index (χ0n) is 12.2. The maximum absolute atomic E-state index is 10.7. The largest absolute Gasteiger partial charge is 0.433 e. The minimum Gasteiger partial charge on any atom is -0.399 e. The summed E-state index contributed by atoms with van der Waals surface area (Å²) >= 11 is 0. The Morgan fingerprint density at radius 1 is 1.55 bits per heavy atom. The fourth-order valence-electron chi connectivity index (χ4n) is 1.67. The fraction of sp³-hybridized carbons (Fsp3) is 0.308. The van der Waals surface area contributed by atoms with E-state index in [1.165, 1.54) is 25.3 Å². The van der Waals surface area contributed by atoms with Gasteiger partial charge in [0.05, 0.1) is 12.3 Å². The van der Waals surface area contributed by atoms with Gasteiger partial charge in [-0.1, -0.05) is 5.16 Å². The summed E-state index contributed by atoms with van der Waals surface area (Å²) in [5.74, 6) is -0.699. The molecule has 0 saturated carbocycles. The Hall–Kier alpha value is -2.97. The maximum Gasteiger partial charge on any atom is 0.433 e. The van der Waals surface area contributed by atoms with Gasteiger partial charge < -0.3 is 9.25 Å². The zero-order valence-corrected chi connectivity index (χ0v) is 12.2. The van der Waals surface area contributed by atoms with Crippen LogP contribution in [0.15, 0.2) is 27.9 Å². The minimum atomic E-state index is -0.629. The summed E-state index contributed by atoms with van der Waals surface area (Å²) in [6, 6.07) is 2.77. The van der Waals surface area contributed by atoms with E-state index in [0.29, 0.717) is 11.3 Å². The summed E-state index contributed by atoms with van der Waals surface area (Å²) in [5.41, 5.74) is 0.886. The fourth-order valence-corrected chi connectivity index (χ4v) is 1.67. The minimum absolute atomic E-state index is 0.0690. The maximum atomic E-state index is 10.7. The van der Waals surface area contributed by atoms with Crippen molar-refractivity contribution < 1.29 is 19.0 Å². The molecule has 0 spiro atoms. The van der Waals surface area contributed by atoms with Gasteiger partial charge in [0.15, 0.2) is 5.76 Å². The van der Waals surface area contributed by atoms with Gasteiger partial charge in [-0.05, 0) is 19.9 Å². The van der Waals surface area contributed by atoms with Crippen LogP contribution in [0.1, 0.15) is 32.4 Å². The van der Waals surface area contributed by atoms with Gasteiger partial charge in [-0.2, -0.15) is 5.10 Å². The molecule has 2 rings (SSSR count). The molecule has 116 valence electrons. The van der Waals surface area contributed by atoms with E-state index in [1.807, 2.05) is 13.8 Å². The summed E-state index contributed by atoms with van der Waals surface area (Å²) in [6.07, 6.45) is 2.98. The van der Waals surface area contributed by atoms with Crippen LogP contribution in [0.3, 0.4) is 0 Å². The predicted octanol–water partition coefficient (Wildman–Crippen LogP) is 2.53. The van der Waals surface area contributed by atoms with Gasteiger partial charge in [0.1, 0.15) is 10.6 Å². The van der Waals surface area contributed by atoms with E-state index in [9.17, 15) is 14.9 Å². The number of oxime groups is 1. The Bertz CT molecular complexity index is 729. The highest BCUT2D eigenvalue weighted by Crippen LogP contribution is 2.27. The summed E-state index contributed by atoms with van der Waals surface area (Å²) in [7, 11) is 0. The van der Waals surface area contributed by atoms with Crippen molar-refractivity contribution in [2.24, 2.45) is 5.16 Å². The molecule has 0 aliphatic carbocycles. The van der Waals surface area contributed by atoms with E-state index in [0.717, 1.165) is 0 Å². The Morgan fingerprint density at radius 3 is 2.82 bits per heavy atom. The molecule has 2 heterocycles. The quantitative estimate of drug-likeness (QED) is 0.363. The third kappa shape index (κ3) is 3.37. The molecule has 9 nitrogen and oxygen atoms in total. The summed E-state index contributed by atoms with van der Waals surface area (Å²) in [5, 5.41) is 18.6. The topological polar surface area (TPSA) is 113 Å². The lowest BCUT2D eigenvalue weighted by molar-refractivity contribution is -0.401. The molecule has 0 amide bonds. The molecule has 0 aromatic carbocycles. The number of carbonyl (C=O) groups excluding carboxylic acids is 1. The number of rotatable bonds is 5. The van der Waals surface area contributed by atoms with Crippen LogP contribution in [0.2, 0.25) is 0 Å². The van der Waals surface area contributed by atoms with Crippen LogP contribution >= 0.6 is 0 Å². The van der Waals surface area contributed by atoms with Crippen molar-refractivity contribution >= 4 is 18.1 Å². The molecule has 0 radical (unpaired) electrons. The van der Waals surface area contributed by atoms with E-state index in [2.05, 4.69) is 15.1 Å². The molecule has 0 aliphatic rings. The van der Waals surface area contributed by atoms with Crippen molar-refractivity contribution in [3.8, 4) is 11.5 Å². The van der Waals surface area contributed by atoms with Crippen LogP contribution in [0.25, 0.3) is 11.5 Å². The van der Waals surface area contributed by atoms with Gasteiger partial charge >= 0.3 is 11.9 Å². The second-order valence-electron chi connectivity index (χ2n) is 4.72. The first-order chi connectivity index (χ1) is 10.4. The van der Waals surface area contributed by atoms with Gasteiger partial charge in [-0.15, -0.1) is 0 Å². The van der Waals surface area contributed by atoms with E-state index in [4.69, 9.17) is 4.42 Å². The number of furan rings is 1. The summed E-state index contributed by atoms with van der Waals surface area (Å²) in [4.78, 5) is 25.3. The monoisotopic (exact) mass is 306 g/mol. The van der Waals surface area contributed by atoms with Crippen LogP contribution in [0.4, 0.5) is 5.88 Å². The number of hydrogen-bond acceptors (Lipinski definition) is 7. The lowest BCUT2D eigenvalue weighted by Gasteiger charge is -2.02. The summed E-state index contributed by atoms with van der Waals surface area (Å²) in [6.45, 7) is 5.08. The smallest absolute Gasteiger partial charge is 0.399 e. The van der Waals surface area contributed by atoms with Crippen LogP contribution in [-0.4, -0.2) is 26.9 Å². The first-order valence-electron chi connectivity index (χ1n) is 6.43. The van der Waals surface area contributed by atoms with Crippen molar-refractivity contribution in [2.75, 3.05) is 0 Å². The molecule has 2 aromatic heterocycles. The van der Waals surface area contributed by atoms with Gasteiger partial charge in [0, 0.05) is 24.7 Å². The molecule has 0 N–H and O–H groups in total. The van der Waals surface area contributed by atoms with Gasteiger partial charge in [0.2, 0.25) is 0 Å². The number of aromatic nitrogens is 2. The highest BCUT2D eigenvalue weighted by atomic mass is 16.7. The Balaban J connectivity index is 2.41. The molecule has 2 aromatic rings. The molecule has 0 aliphatic heterocycles. The lowest BCUT2D eigenvalue weighted by atomic mass is 10.2. The molecule has 0 atom stereocenters. The van der Waals surface area contributed by atoms with E-state index >= 15 is 0 Å². The van der Waals surface area contributed by atoms with Crippen LogP contribution < -0.4 is 0 Å². The van der Waals surface area contributed by atoms with Gasteiger partial charge in [0.25, 0.3) is 0 Å². The van der Waals surface area contributed by atoms with Crippen molar-refractivity contribution in [3.63, 3.8) is 0 Å². The summed E-state index contributed by atoms with van der Waals surface area (Å²) < 4.78 is 6.80. The van der Waals surface area contributed by atoms with E-state index < -0.39 is 10.9 Å². The zero-order chi connectivity index (χ0) is 16.3. The number of nitro groups is 1. The SMILES string of the molecule is CC(=O)O/N=C/c1cn(C(C)C)nc1-c1ccc([N+](=O)[O-])o1. The average Bonchev–Trinajstić information content (AvgIpc) is 3.03. The van der Waals surface area contributed by atoms with Crippen molar-refractivity contribution in [2.45, 2.75) is 26.8 Å². The second-order valence-corrected chi connectivity index (χ2v) is 4.72. The molecular formula is C13H14N4O5. The van der Waals surface area contributed by atoms with Crippen LogP contribution in [-0.2, 0) is 9.63 Å². The highest BCUT2D eigenvalue weighted by molar-refractivity contribution is 5.87. The van der Waals surface area contributed by atoms with Crippen molar-refractivity contribution in [1.82, 2.24) is 9.78 Å². The first kappa shape index (κ1) is 15.4. The van der Waals surface area contributed by atoms with Crippen molar-refractivity contribution in [1.29, 1.82) is 0 Å². The number of nitrogens with zero attached hydrogens (tertiary/aromatic N) is 4.